The van der Waals surface area contributed by atoms with Crippen molar-refractivity contribution in [3.8, 4) is 5.75 Å². The van der Waals surface area contributed by atoms with E-state index in [1.165, 1.54) is 12.4 Å². The minimum Gasteiger partial charge on any atom is -0.483 e. The molecule has 108 valence electrons. The van der Waals surface area contributed by atoms with Gasteiger partial charge in [0.05, 0.1) is 0 Å². The van der Waals surface area contributed by atoms with Gasteiger partial charge in [-0.05, 0) is 23.6 Å². The van der Waals surface area contributed by atoms with Crippen LogP contribution in [-0.4, -0.2) is 14.8 Å². The van der Waals surface area contributed by atoms with Crippen molar-refractivity contribution in [2.75, 3.05) is 0 Å². The van der Waals surface area contributed by atoms with Gasteiger partial charge in [-0.25, -0.2) is 14.1 Å². The number of aromatic nitrogens is 3. The predicted octanol–water partition coefficient (Wildman–Crippen LogP) is 3.39. The van der Waals surface area contributed by atoms with Crippen LogP contribution in [0.3, 0.4) is 0 Å². The summed E-state index contributed by atoms with van der Waals surface area (Å²) in [5.41, 5.74) is 0.722. The third-order valence-corrected chi connectivity index (χ3v) is 3.05. The van der Waals surface area contributed by atoms with Crippen molar-refractivity contribution >= 4 is 11.6 Å². The molecule has 0 aliphatic heterocycles. The SMILES string of the molecule is CC(C)Cn1ncnc1COc1ccc(CCl)cc1F. The number of ether oxygens (including phenoxy) is 1. The monoisotopic (exact) mass is 297 g/mol. The van der Waals surface area contributed by atoms with Crippen LogP contribution in [0.5, 0.6) is 5.75 Å². The fraction of sp³-hybridized carbons (Fsp3) is 0.429. The van der Waals surface area contributed by atoms with Crippen LogP contribution in [0.25, 0.3) is 0 Å². The van der Waals surface area contributed by atoms with Gasteiger partial charge >= 0.3 is 0 Å². The van der Waals surface area contributed by atoms with Crippen molar-refractivity contribution < 1.29 is 9.13 Å². The summed E-state index contributed by atoms with van der Waals surface area (Å²) in [6, 6.07) is 4.70. The van der Waals surface area contributed by atoms with E-state index in [2.05, 4.69) is 23.9 Å². The molecule has 0 radical (unpaired) electrons. The molecule has 0 unspecified atom stereocenters. The summed E-state index contributed by atoms with van der Waals surface area (Å²) in [7, 11) is 0. The lowest BCUT2D eigenvalue weighted by Gasteiger charge is -2.10. The van der Waals surface area contributed by atoms with E-state index in [1.807, 2.05) is 0 Å². The minimum absolute atomic E-state index is 0.184. The van der Waals surface area contributed by atoms with Crippen molar-refractivity contribution in [1.29, 1.82) is 0 Å². The molecule has 0 aliphatic rings. The number of nitrogens with zero attached hydrogens (tertiary/aromatic N) is 3. The van der Waals surface area contributed by atoms with E-state index in [9.17, 15) is 4.39 Å². The Hall–Kier alpha value is -1.62. The van der Waals surface area contributed by atoms with E-state index < -0.39 is 5.82 Å². The molecular weight excluding hydrogens is 281 g/mol. The second-order valence-corrected chi connectivity index (χ2v) is 5.21. The summed E-state index contributed by atoms with van der Waals surface area (Å²) in [4.78, 5) is 4.13. The van der Waals surface area contributed by atoms with Crippen LogP contribution < -0.4 is 4.74 Å². The summed E-state index contributed by atoms with van der Waals surface area (Å²) in [5.74, 6) is 1.19. The van der Waals surface area contributed by atoms with Crippen molar-refractivity contribution in [2.45, 2.75) is 32.9 Å². The highest BCUT2D eigenvalue weighted by Crippen LogP contribution is 2.20. The van der Waals surface area contributed by atoms with Crippen LogP contribution in [0.2, 0.25) is 0 Å². The van der Waals surface area contributed by atoms with Crippen molar-refractivity contribution in [1.82, 2.24) is 14.8 Å². The summed E-state index contributed by atoms with van der Waals surface area (Å²) in [5, 5.41) is 4.13. The second-order valence-electron chi connectivity index (χ2n) is 4.94. The Balaban J connectivity index is 2.03. The van der Waals surface area contributed by atoms with Gasteiger partial charge in [0, 0.05) is 12.4 Å². The fourth-order valence-electron chi connectivity index (χ4n) is 1.79. The first-order valence-corrected chi connectivity index (χ1v) is 6.97. The zero-order chi connectivity index (χ0) is 14.5. The lowest BCUT2D eigenvalue weighted by molar-refractivity contribution is 0.269. The van der Waals surface area contributed by atoms with Gasteiger partial charge in [-0.1, -0.05) is 19.9 Å². The molecule has 0 aliphatic carbocycles. The molecule has 0 spiro atoms. The molecule has 0 bridgehead atoms. The average molecular weight is 298 g/mol. The molecule has 2 rings (SSSR count). The molecule has 20 heavy (non-hydrogen) atoms. The summed E-state index contributed by atoms with van der Waals surface area (Å²) in [6.07, 6.45) is 1.48. The lowest BCUT2D eigenvalue weighted by Crippen LogP contribution is -2.12. The Labute approximate surface area is 122 Å². The van der Waals surface area contributed by atoms with Crippen LogP contribution in [-0.2, 0) is 19.0 Å². The molecule has 0 saturated heterocycles. The van der Waals surface area contributed by atoms with E-state index in [0.717, 1.165) is 12.1 Å². The largest absolute Gasteiger partial charge is 0.483 e. The van der Waals surface area contributed by atoms with Crippen molar-refractivity contribution in [3.05, 3.63) is 41.7 Å². The molecule has 1 heterocycles. The maximum atomic E-state index is 13.7. The molecule has 0 atom stereocenters. The maximum absolute atomic E-state index is 13.7. The van der Waals surface area contributed by atoms with Crippen LogP contribution >= 0.6 is 11.6 Å². The third kappa shape index (κ3) is 3.70. The van der Waals surface area contributed by atoms with Crippen LogP contribution in [0.1, 0.15) is 25.2 Å². The number of rotatable bonds is 6. The lowest BCUT2D eigenvalue weighted by atomic mass is 10.2. The number of benzene rings is 1. The zero-order valence-corrected chi connectivity index (χ0v) is 12.3. The van der Waals surface area contributed by atoms with Gasteiger partial charge in [0.25, 0.3) is 0 Å². The Morgan fingerprint density at radius 2 is 2.20 bits per heavy atom. The molecular formula is C14H17ClFN3O. The Morgan fingerprint density at radius 1 is 1.40 bits per heavy atom. The van der Waals surface area contributed by atoms with E-state index in [-0.39, 0.29) is 18.2 Å². The normalized spacial score (nSPS) is 11.1. The third-order valence-electron chi connectivity index (χ3n) is 2.74. The fourth-order valence-corrected chi connectivity index (χ4v) is 1.95. The summed E-state index contributed by atoms with van der Waals surface area (Å²) < 4.78 is 21.0. The van der Waals surface area contributed by atoms with Gasteiger partial charge in [-0.2, -0.15) is 5.10 Å². The minimum atomic E-state index is -0.418. The Kier molecular flexibility index (Phi) is 4.95. The molecule has 0 amide bonds. The summed E-state index contributed by atoms with van der Waals surface area (Å²) >= 11 is 5.65. The topological polar surface area (TPSA) is 39.9 Å². The highest BCUT2D eigenvalue weighted by molar-refractivity contribution is 6.17. The van der Waals surface area contributed by atoms with Gasteiger partial charge in [-0.3, -0.25) is 0 Å². The van der Waals surface area contributed by atoms with Crippen LogP contribution in [0, 0.1) is 11.7 Å². The molecule has 0 fully saturated rings. The highest BCUT2D eigenvalue weighted by atomic mass is 35.5. The van der Waals surface area contributed by atoms with Gasteiger partial charge in [0.15, 0.2) is 17.4 Å². The number of hydrogen-bond donors (Lipinski definition) is 0. The molecule has 1 aromatic heterocycles. The molecule has 6 heteroatoms. The molecule has 0 saturated carbocycles. The van der Waals surface area contributed by atoms with Crippen LogP contribution in [0.15, 0.2) is 24.5 Å². The molecule has 2 aromatic rings. The standard InChI is InChI=1S/C14H17ClFN3O/c1-10(2)7-19-14(17-9-18-19)8-20-13-4-3-11(6-15)5-12(13)16/h3-5,9-10H,6-8H2,1-2H3. The van der Waals surface area contributed by atoms with Crippen LogP contribution in [0.4, 0.5) is 4.39 Å². The highest BCUT2D eigenvalue weighted by Gasteiger charge is 2.09. The Morgan fingerprint density at radius 3 is 2.85 bits per heavy atom. The summed E-state index contributed by atoms with van der Waals surface area (Å²) in [6.45, 7) is 5.13. The zero-order valence-electron chi connectivity index (χ0n) is 11.5. The second kappa shape index (κ2) is 6.70. The average Bonchev–Trinajstić information content (AvgIpc) is 2.83. The molecule has 1 aromatic carbocycles. The van der Waals surface area contributed by atoms with Gasteiger partial charge in [0.2, 0.25) is 0 Å². The molecule has 4 nitrogen and oxygen atoms in total. The maximum Gasteiger partial charge on any atom is 0.165 e. The first-order chi connectivity index (χ1) is 9.60. The van der Waals surface area contributed by atoms with Crippen molar-refractivity contribution in [3.63, 3.8) is 0 Å². The van der Waals surface area contributed by atoms with E-state index in [0.29, 0.717) is 11.7 Å². The van der Waals surface area contributed by atoms with E-state index in [1.54, 1.807) is 16.8 Å². The number of alkyl halides is 1. The molecule has 0 N–H and O–H groups in total. The van der Waals surface area contributed by atoms with Crippen molar-refractivity contribution in [2.24, 2.45) is 5.92 Å². The smallest absolute Gasteiger partial charge is 0.165 e. The quantitative estimate of drug-likeness (QED) is 0.767. The van der Waals surface area contributed by atoms with Gasteiger partial charge in [0.1, 0.15) is 12.9 Å². The first-order valence-electron chi connectivity index (χ1n) is 6.44. The predicted molar refractivity (Wildman–Crippen MR) is 75.1 cm³/mol. The van der Waals surface area contributed by atoms with Gasteiger partial charge in [-0.15, -0.1) is 11.6 Å². The van der Waals surface area contributed by atoms with E-state index in [4.69, 9.17) is 16.3 Å². The Bertz CT molecular complexity index is 571. The van der Waals surface area contributed by atoms with E-state index >= 15 is 0 Å². The number of hydrogen-bond acceptors (Lipinski definition) is 3. The van der Waals surface area contributed by atoms with Gasteiger partial charge < -0.3 is 4.74 Å². The first kappa shape index (κ1) is 14.8. The number of halogens is 2.